The van der Waals surface area contributed by atoms with Gasteiger partial charge in [-0.25, -0.2) is 4.98 Å². The highest BCUT2D eigenvalue weighted by atomic mass is 79.9. The molecule has 2 heterocycles. The number of hydrogen-bond acceptors (Lipinski definition) is 4. The normalized spacial score (nSPS) is 11.5. The molecule has 2 aromatic carbocycles. The molecule has 0 unspecified atom stereocenters. The second-order valence-corrected chi connectivity index (χ2v) is 6.56. The summed E-state index contributed by atoms with van der Waals surface area (Å²) in [6.45, 7) is 0. The van der Waals surface area contributed by atoms with Crippen molar-refractivity contribution in [3.8, 4) is 5.75 Å². The summed E-state index contributed by atoms with van der Waals surface area (Å²) >= 11 is 4.91. The van der Waals surface area contributed by atoms with Crippen LogP contribution in [-0.4, -0.2) is 16.5 Å². The predicted octanol–water partition coefficient (Wildman–Crippen LogP) is 3.83. The summed E-state index contributed by atoms with van der Waals surface area (Å²) in [6, 6.07) is 11.2. The van der Waals surface area contributed by atoms with Gasteiger partial charge in [-0.2, -0.15) is 0 Å². The number of ether oxygens (including phenoxy) is 1. The summed E-state index contributed by atoms with van der Waals surface area (Å²) in [5.74, 6) is 0.727. The van der Waals surface area contributed by atoms with Crippen LogP contribution in [0.25, 0.3) is 26.1 Å². The lowest BCUT2D eigenvalue weighted by atomic mass is 10.2. The molecule has 0 N–H and O–H groups in total. The molecule has 4 aromatic rings. The van der Waals surface area contributed by atoms with E-state index in [0.717, 1.165) is 20.4 Å². The lowest BCUT2D eigenvalue weighted by Crippen LogP contribution is -2.13. The van der Waals surface area contributed by atoms with E-state index in [0.29, 0.717) is 15.9 Å². The van der Waals surface area contributed by atoms with Crippen molar-refractivity contribution in [3.63, 3.8) is 0 Å². The molecule has 0 fully saturated rings. The molecule has 0 saturated carbocycles. The average Bonchev–Trinajstić information content (AvgIpc) is 2.84. The van der Waals surface area contributed by atoms with Crippen LogP contribution in [-0.2, 0) is 0 Å². The van der Waals surface area contributed by atoms with E-state index >= 15 is 0 Å². The van der Waals surface area contributed by atoms with Crippen LogP contribution in [0.1, 0.15) is 0 Å². The summed E-state index contributed by atoms with van der Waals surface area (Å²) in [6.07, 6.45) is 0. The molecule has 0 bridgehead atoms. The van der Waals surface area contributed by atoms with E-state index in [-0.39, 0.29) is 5.56 Å². The molecule has 0 saturated heterocycles. The fourth-order valence-electron chi connectivity index (χ4n) is 2.40. The van der Waals surface area contributed by atoms with Gasteiger partial charge in [0.15, 0.2) is 4.96 Å². The Hall–Kier alpha value is -1.92. The van der Waals surface area contributed by atoms with Crippen LogP contribution >= 0.6 is 27.3 Å². The first-order chi connectivity index (χ1) is 10.2. The third-order valence-electron chi connectivity index (χ3n) is 3.41. The van der Waals surface area contributed by atoms with Crippen LogP contribution in [0.2, 0.25) is 0 Å². The first kappa shape index (κ1) is 12.8. The van der Waals surface area contributed by atoms with Gasteiger partial charge in [-0.3, -0.25) is 9.20 Å². The second-order valence-electron chi connectivity index (χ2n) is 4.63. The Balaban J connectivity index is 2.24. The van der Waals surface area contributed by atoms with Gasteiger partial charge in [-0.1, -0.05) is 27.3 Å². The van der Waals surface area contributed by atoms with Gasteiger partial charge in [0.1, 0.15) is 5.75 Å². The Kier molecular flexibility index (Phi) is 2.77. The maximum absolute atomic E-state index is 12.7. The van der Waals surface area contributed by atoms with Gasteiger partial charge in [-0.15, -0.1) is 0 Å². The molecule has 4 rings (SSSR count). The standard InChI is InChI=1S/C15H9BrN2O2S/c1-20-9-3-5-13-12(7-9)18-14(19)10-4-2-8(16)6-11(10)17-15(18)21-13/h2-7H,1H3. The SMILES string of the molecule is COc1ccc2sc3nc4cc(Br)ccc4c(=O)n3c2c1. The molecule has 104 valence electrons. The van der Waals surface area contributed by atoms with E-state index in [1.807, 2.05) is 30.3 Å². The largest absolute Gasteiger partial charge is 0.497 e. The van der Waals surface area contributed by atoms with E-state index in [4.69, 9.17) is 4.74 Å². The number of thiazole rings is 1. The van der Waals surface area contributed by atoms with Crippen molar-refractivity contribution in [2.75, 3.05) is 7.11 Å². The average molecular weight is 361 g/mol. The van der Waals surface area contributed by atoms with Crippen LogP contribution in [0.4, 0.5) is 0 Å². The zero-order valence-corrected chi connectivity index (χ0v) is 13.4. The van der Waals surface area contributed by atoms with Crippen molar-refractivity contribution >= 4 is 53.3 Å². The highest BCUT2D eigenvalue weighted by Gasteiger charge is 2.12. The number of nitrogens with zero attached hydrogens (tertiary/aromatic N) is 2. The van der Waals surface area contributed by atoms with Gasteiger partial charge in [0.05, 0.1) is 28.2 Å². The number of hydrogen-bond donors (Lipinski definition) is 0. The molecule has 0 atom stereocenters. The van der Waals surface area contributed by atoms with Crippen LogP contribution in [0.5, 0.6) is 5.75 Å². The molecule has 4 nitrogen and oxygen atoms in total. The number of benzene rings is 2. The van der Waals surface area contributed by atoms with Crippen molar-refractivity contribution < 1.29 is 4.74 Å². The van der Waals surface area contributed by atoms with Gasteiger partial charge >= 0.3 is 0 Å². The monoisotopic (exact) mass is 360 g/mol. The molecule has 0 aliphatic heterocycles. The fraction of sp³-hybridized carbons (Fsp3) is 0.0667. The van der Waals surface area contributed by atoms with E-state index in [2.05, 4.69) is 20.9 Å². The summed E-state index contributed by atoms with van der Waals surface area (Å²) in [4.78, 5) is 18.0. The van der Waals surface area contributed by atoms with Crippen molar-refractivity contribution in [3.05, 3.63) is 51.2 Å². The second kappa shape index (κ2) is 4.54. The molecule has 0 amide bonds. The van der Waals surface area contributed by atoms with Gasteiger partial charge < -0.3 is 4.74 Å². The van der Waals surface area contributed by atoms with Crippen LogP contribution in [0.15, 0.2) is 45.7 Å². The highest BCUT2D eigenvalue weighted by Crippen LogP contribution is 2.28. The first-order valence-electron chi connectivity index (χ1n) is 6.26. The van der Waals surface area contributed by atoms with Crippen molar-refractivity contribution in [2.45, 2.75) is 0 Å². The van der Waals surface area contributed by atoms with Gasteiger partial charge in [0.25, 0.3) is 5.56 Å². The number of rotatable bonds is 1. The van der Waals surface area contributed by atoms with Crippen LogP contribution < -0.4 is 10.3 Å². The Morgan fingerprint density at radius 3 is 2.90 bits per heavy atom. The Morgan fingerprint density at radius 2 is 2.10 bits per heavy atom. The summed E-state index contributed by atoms with van der Waals surface area (Å²) in [5.41, 5.74) is 1.48. The summed E-state index contributed by atoms with van der Waals surface area (Å²) in [7, 11) is 1.61. The van der Waals surface area contributed by atoms with E-state index < -0.39 is 0 Å². The molecule has 0 aliphatic rings. The minimum atomic E-state index is -0.0537. The lowest BCUT2D eigenvalue weighted by Gasteiger charge is -2.01. The minimum absolute atomic E-state index is 0.0537. The van der Waals surface area contributed by atoms with Crippen molar-refractivity contribution in [1.29, 1.82) is 0 Å². The first-order valence-corrected chi connectivity index (χ1v) is 7.87. The van der Waals surface area contributed by atoms with Gasteiger partial charge in [-0.05, 0) is 30.3 Å². The van der Waals surface area contributed by atoms with E-state index in [1.54, 1.807) is 17.6 Å². The number of aromatic nitrogens is 2. The number of methoxy groups -OCH3 is 1. The molecule has 0 radical (unpaired) electrons. The molecule has 6 heteroatoms. The quantitative estimate of drug-likeness (QED) is 0.518. The zero-order valence-electron chi connectivity index (χ0n) is 11.0. The maximum Gasteiger partial charge on any atom is 0.266 e. The zero-order chi connectivity index (χ0) is 14.6. The van der Waals surface area contributed by atoms with Crippen LogP contribution in [0.3, 0.4) is 0 Å². The smallest absolute Gasteiger partial charge is 0.266 e. The lowest BCUT2D eigenvalue weighted by molar-refractivity contribution is 0.415. The molecular weight excluding hydrogens is 352 g/mol. The Bertz CT molecular complexity index is 1070. The molecule has 0 aliphatic carbocycles. The minimum Gasteiger partial charge on any atom is -0.497 e. The Morgan fingerprint density at radius 1 is 1.24 bits per heavy atom. The van der Waals surface area contributed by atoms with Crippen molar-refractivity contribution in [2.24, 2.45) is 0 Å². The topological polar surface area (TPSA) is 43.6 Å². The predicted molar refractivity (Wildman–Crippen MR) is 88.6 cm³/mol. The van der Waals surface area contributed by atoms with Crippen LogP contribution in [0, 0.1) is 0 Å². The maximum atomic E-state index is 12.7. The third kappa shape index (κ3) is 1.86. The molecular formula is C15H9BrN2O2S. The number of halogens is 1. The molecule has 2 aromatic heterocycles. The van der Waals surface area contributed by atoms with Gasteiger partial charge in [0.2, 0.25) is 0 Å². The Labute approximate surface area is 131 Å². The summed E-state index contributed by atoms with van der Waals surface area (Å²) < 4.78 is 8.82. The third-order valence-corrected chi connectivity index (χ3v) is 4.92. The van der Waals surface area contributed by atoms with E-state index in [9.17, 15) is 4.79 Å². The molecule has 0 spiro atoms. The van der Waals surface area contributed by atoms with Crippen molar-refractivity contribution in [1.82, 2.24) is 9.38 Å². The van der Waals surface area contributed by atoms with E-state index in [1.165, 1.54) is 11.3 Å². The fourth-order valence-corrected chi connectivity index (χ4v) is 3.76. The van der Waals surface area contributed by atoms with Gasteiger partial charge in [0, 0.05) is 10.5 Å². The number of fused-ring (bicyclic) bond motifs is 4. The summed E-state index contributed by atoms with van der Waals surface area (Å²) in [5, 5.41) is 0.609. The highest BCUT2D eigenvalue weighted by molar-refractivity contribution is 9.10. The molecule has 21 heavy (non-hydrogen) atoms.